The minimum Gasteiger partial charge on any atom is -0.265 e. The number of para-hydroxylation sites is 1. The molecule has 0 saturated heterocycles. The third-order valence-electron chi connectivity index (χ3n) is 4.06. The first-order valence-corrected chi connectivity index (χ1v) is 7.81. The summed E-state index contributed by atoms with van der Waals surface area (Å²) in [5.41, 5.74) is 2.49. The summed E-state index contributed by atoms with van der Waals surface area (Å²) in [6, 6.07) is 8.52. The van der Waals surface area contributed by atoms with Crippen LogP contribution in [0.25, 0.3) is 10.9 Å². The highest BCUT2D eigenvalue weighted by atomic mass is 35.5. The fourth-order valence-corrected chi connectivity index (χ4v) is 3.19. The van der Waals surface area contributed by atoms with Gasteiger partial charge in [-0.3, -0.25) is 4.68 Å². The van der Waals surface area contributed by atoms with Crippen LogP contribution >= 0.6 is 11.6 Å². The van der Waals surface area contributed by atoms with Gasteiger partial charge >= 0.3 is 0 Å². The zero-order chi connectivity index (χ0) is 13.2. The minimum atomic E-state index is 0.388. The van der Waals surface area contributed by atoms with Crippen LogP contribution in [0.1, 0.15) is 38.3 Å². The lowest BCUT2D eigenvalue weighted by molar-refractivity contribution is 0.618. The van der Waals surface area contributed by atoms with E-state index in [-0.39, 0.29) is 0 Å². The van der Waals surface area contributed by atoms with Crippen molar-refractivity contribution >= 4 is 22.5 Å². The molecular weight excluding hydrogens is 256 g/mol. The Morgan fingerprint density at radius 2 is 2.16 bits per heavy atom. The number of halogens is 1. The molecule has 1 aliphatic rings. The van der Waals surface area contributed by atoms with Gasteiger partial charge in [0.2, 0.25) is 0 Å². The van der Waals surface area contributed by atoms with E-state index >= 15 is 0 Å². The maximum Gasteiger partial charge on any atom is 0.0703 e. The SMILES string of the molecule is CCn1nc(CCCC(Cl)C2CC2)c2ccccc21. The molecular formula is C16H21ClN2. The maximum atomic E-state index is 6.37. The van der Waals surface area contributed by atoms with Crippen molar-refractivity contribution in [1.29, 1.82) is 0 Å². The summed E-state index contributed by atoms with van der Waals surface area (Å²) in [6.45, 7) is 3.08. The van der Waals surface area contributed by atoms with Gasteiger partial charge in [-0.25, -0.2) is 0 Å². The molecule has 1 aliphatic carbocycles. The number of aromatic nitrogens is 2. The monoisotopic (exact) mass is 276 g/mol. The van der Waals surface area contributed by atoms with Gasteiger partial charge in [0.05, 0.1) is 11.2 Å². The first kappa shape index (κ1) is 13.0. The molecule has 1 atom stereocenters. The van der Waals surface area contributed by atoms with E-state index in [4.69, 9.17) is 16.7 Å². The third kappa shape index (κ3) is 2.79. The van der Waals surface area contributed by atoms with Crippen LogP contribution in [0, 0.1) is 5.92 Å². The molecule has 3 heteroatoms. The number of alkyl halides is 1. The summed E-state index contributed by atoms with van der Waals surface area (Å²) in [4.78, 5) is 0. The molecule has 1 fully saturated rings. The molecule has 2 aromatic rings. The Labute approximate surface area is 119 Å². The molecule has 2 nitrogen and oxygen atoms in total. The first-order chi connectivity index (χ1) is 9.29. The van der Waals surface area contributed by atoms with Gasteiger partial charge in [-0.1, -0.05) is 18.2 Å². The van der Waals surface area contributed by atoms with E-state index in [1.807, 2.05) is 0 Å². The van der Waals surface area contributed by atoms with Crippen molar-refractivity contribution in [3.05, 3.63) is 30.0 Å². The third-order valence-corrected chi connectivity index (χ3v) is 4.64. The lowest BCUT2D eigenvalue weighted by Crippen LogP contribution is -2.02. The smallest absolute Gasteiger partial charge is 0.0703 e. The Bertz CT molecular complexity index is 557. The van der Waals surface area contributed by atoms with Gasteiger partial charge in [0.15, 0.2) is 0 Å². The lowest BCUT2D eigenvalue weighted by atomic mass is 10.1. The average Bonchev–Trinajstić information content (AvgIpc) is 3.22. The van der Waals surface area contributed by atoms with Crippen LogP contribution in [0.3, 0.4) is 0 Å². The molecule has 0 N–H and O–H groups in total. The van der Waals surface area contributed by atoms with Crippen LogP contribution in [0.2, 0.25) is 0 Å². The number of nitrogens with zero attached hydrogens (tertiary/aromatic N) is 2. The van der Waals surface area contributed by atoms with Crippen molar-refractivity contribution < 1.29 is 0 Å². The zero-order valence-corrected chi connectivity index (χ0v) is 12.2. The molecule has 0 aliphatic heterocycles. The molecule has 1 aromatic carbocycles. The highest BCUT2D eigenvalue weighted by Gasteiger charge is 2.29. The van der Waals surface area contributed by atoms with Crippen LogP contribution in [-0.2, 0) is 13.0 Å². The number of rotatable bonds is 6. The Morgan fingerprint density at radius 1 is 1.37 bits per heavy atom. The number of aryl methyl sites for hydroxylation is 2. The van der Waals surface area contributed by atoms with E-state index < -0.39 is 0 Å². The molecule has 102 valence electrons. The van der Waals surface area contributed by atoms with E-state index in [2.05, 4.69) is 35.9 Å². The Hall–Kier alpha value is -1.02. The van der Waals surface area contributed by atoms with E-state index in [0.717, 1.165) is 31.7 Å². The molecule has 3 rings (SSSR count). The summed E-state index contributed by atoms with van der Waals surface area (Å²) in [7, 11) is 0. The van der Waals surface area contributed by atoms with Crippen LogP contribution in [-0.4, -0.2) is 15.2 Å². The van der Waals surface area contributed by atoms with Crippen molar-refractivity contribution in [3.63, 3.8) is 0 Å². The molecule has 1 aromatic heterocycles. The fraction of sp³-hybridized carbons (Fsp3) is 0.562. The van der Waals surface area contributed by atoms with E-state index in [1.54, 1.807) is 0 Å². The number of hydrogen-bond acceptors (Lipinski definition) is 1. The van der Waals surface area contributed by atoms with Crippen LogP contribution in [0.5, 0.6) is 0 Å². The lowest BCUT2D eigenvalue weighted by Gasteiger charge is -2.06. The molecule has 0 spiro atoms. The van der Waals surface area contributed by atoms with E-state index in [1.165, 1.54) is 29.4 Å². The van der Waals surface area contributed by atoms with Crippen molar-refractivity contribution in [1.82, 2.24) is 9.78 Å². The second-order valence-electron chi connectivity index (χ2n) is 5.53. The van der Waals surface area contributed by atoms with Crippen molar-refractivity contribution in [2.24, 2.45) is 5.92 Å². The first-order valence-electron chi connectivity index (χ1n) is 7.38. The highest BCUT2D eigenvalue weighted by Crippen LogP contribution is 2.37. The summed E-state index contributed by atoms with van der Waals surface area (Å²) < 4.78 is 2.10. The standard InChI is InChI=1S/C16H21ClN2/c1-2-19-16-9-4-3-6-13(16)15(18-19)8-5-7-14(17)12-10-11-12/h3-4,6,9,12,14H,2,5,7-8,10-11H2,1H3. The van der Waals surface area contributed by atoms with Crippen LogP contribution in [0.15, 0.2) is 24.3 Å². The van der Waals surface area contributed by atoms with Crippen LogP contribution in [0.4, 0.5) is 0 Å². The predicted octanol–water partition coefficient (Wildman–Crippen LogP) is 4.40. The molecule has 1 saturated carbocycles. The summed E-state index contributed by atoms with van der Waals surface area (Å²) in [5.74, 6) is 0.798. The zero-order valence-electron chi connectivity index (χ0n) is 11.5. The summed E-state index contributed by atoms with van der Waals surface area (Å²) in [5, 5.41) is 6.43. The van der Waals surface area contributed by atoms with Gasteiger partial charge in [-0.15, -0.1) is 11.6 Å². The number of hydrogen-bond donors (Lipinski definition) is 0. The van der Waals surface area contributed by atoms with Gasteiger partial charge in [0, 0.05) is 17.3 Å². The van der Waals surface area contributed by atoms with Gasteiger partial charge in [0.25, 0.3) is 0 Å². The molecule has 1 unspecified atom stereocenters. The molecule has 1 heterocycles. The van der Waals surface area contributed by atoms with E-state index in [9.17, 15) is 0 Å². The van der Waals surface area contributed by atoms with Gasteiger partial charge < -0.3 is 0 Å². The highest BCUT2D eigenvalue weighted by molar-refractivity contribution is 6.20. The molecule has 19 heavy (non-hydrogen) atoms. The second kappa shape index (κ2) is 5.54. The van der Waals surface area contributed by atoms with Gasteiger partial charge in [0.1, 0.15) is 0 Å². The maximum absolute atomic E-state index is 6.37. The fourth-order valence-electron chi connectivity index (χ4n) is 2.78. The normalized spacial score (nSPS) is 16.9. The van der Waals surface area contributed by atoms with Crippen LogP contribution < -0.4 is 0 Å². The molecule has 0 bridgehead atoms. The number of benzene rings is 1. The Balaban J connectivity index is 1.69. The Kier molecular flexibility index (Phi) is 3.79. The predicted molar refractivity (Wildman–Crippen MR) is 80.7 cm³/mol. The van der Waals surface area contributed by atoms with Crippen molar-refractivity contribution in [2.45, 2.75) is 50.9 Å². The van der Waals surface area contributed by atoms with Crippen molar-refractivity contribution in [3.8, 4) is 0 Å². The summed E-state index contributed by atoms with van der Waals surface area (Å²) >= 11 is 6.37. The molecule has 0 radical (unpaired) electrons. The average molecular weight is 277 g/mol. The largest absolute Gasteiger partial charge is 0.265 e. The van der Waals surface area contributed by atoms with Crippen molar-refractivity contribution in [2.75, 3.05) is 0 Å². The Morgan fingerprint density at radius 3 is 2.89 bits per heavy atom. The van der Waals surface area contributed by atoms with Gasteiger partial charge in [-0.05, 0) is 51.0 Å². The minimum absolute atomic E-state index is 0.388. The molecule has 0 amide bonds. The number of fused-ring (bicyclic) bond motifs is 1. The van der Waals surface area contributed by atoms with Gasteiger partial charge in [-0.2, -0.15) is 5.10 Å². The van der Waals surface area contributed by atoms with E-state index in [0.29, 0.717) is 5.38 Å². The summed E-state index contributed by atoms with van der Waals surface area (Å²) in [6.07, 6.45) is 5.99. The quantitative estimate of drug-likeness (QED) is 0.715. The second-order valence-corrected chi connectivity index (χ2v) is 6.09. The topological polar surface area (TPSA) is 17.8 Å².